The van der Waals surface area contributed by atoms with E-state index in [9.17, 15) is 13.2 Å². The predicted octanol–water partition coefficient (Wildman–Crippen LogP) is 1.04. The second kappa shape index (κ2) is 5.14. The molecule has 1 aliphatic rings. The lowest BCUT2D eigenvalue weighted by molar-refractivity contribution is 0.0770. The van der Waals surface area contributed by atoms with Gasteiger partial charge in [-0.3, -0.25) is 4.79 Å². The third kappa shape index (κ3) is 3.02. The van der Waals surface area contributed by atoms with Crippen LogP contribution in [-0.4, -0.2) is 32.3 Å². The van der Waals surface area contributed by atoms with E-state index in [0.29, 0.717) is 24.2 Å². The number of hydrogen-bond donors (Lipinski definition) is 1. The van der Waals surface area contributed by atoms with E-state index in [2.05, 4.69) is 0 Å². The van der Waals surface area contributed by atoms with Crippen molar-refractivity contribution in [2.75, 3.05) is 13.1 Å². The van der Waals surface area contributed by atoms with Gasteiger partial charge in [0.15, 0.2) is 0 Å². The third-order valence-corrected chi connectivity index (χ3v) is 4.01. The van der Waals surface area contributed by atoms with Crippen LogP contribution in [0.3, 0.4) is 0 Å². The van der Waals surface area contributed by atoms with Crippen LogP contribution in [0.5, 0.6) is 0 Å². The number of rotatable bonds is 2. The summed E-state index contributed by atoms with van der Waals surface area (Å²) in [6.45, 7) is 2.99. The predicted molar refractivity (Wildman–Crippen MR) is 72.2 cm³/mol. The Kier molecular flexibility index (Phi) is 3.73. The number of sulfonamides is 1. The fourth-order valence-corrected chi connectivity index (χ4v) is 2.65. The zero-order valence-electron chi connectivity index (χ0n) is 10.7. The maximum absolute atomic E-state index is 12.3. The van der Waals surface area contributed by atoms with E-state index in [1.165, 1.54) is 18.2 Å². The third-order valence-electron chi connectivity index (χ3n) is 3.10. The van der Waals surface area contributed by atoms with Gasteiger partial charge in [0.05, 0.1) is 4.90 Å². The van der Waals surface area contributed by atoms with E-state index >= 15 is 0 Å². The van der Waals surface area contributed by atoms with Gasteiger partial charge in [-0.1, -0.05) is 12.2 Å². The molecule has 0 spiro atoms. The van der Waals surface area contributed by atoms with Crippen LogP contribution >= 0.6 is 0 Å². The van der Waals surface area contributed by atoms with Gasteiger partial charge in [0.2, 0.25) is 10.0 Å². The molecule has 0 bridgehead atoms. The van der Waals surface area contributed by atoms with E-state index in [1.807, 2.05) is 12.2 Å². The summed E-state index contributed by atoms with van der Waals surface area (Å²) in [4.78, 5) is 14.1. The highest BCUT2D eigenvalue weighted by molar-refractivity contribution is 7.89. The van der Waals surface area contributed by atoms with Crippen molar-refractivity contribution in [3.8, 4) is 0 Å². The molecule has 2 rings (SSSR count). The monoisotopic (exact) mass is 280 g/mol. The number of amides is 1. The molecule has 102 valence electrons. The largest absolute Gasteiger partial charge is 0.335 e. The number of hydrogen-bond acceptors (Lipinski definition) is 3. The zero-order valence-corrected chi connectivity index (χ0v) is 11.5. The molecule has 1 aliphatic heterocycles. The molecule has 0 radical (unpaired) electrons. The standard InChI is InChI=1S/C13H16N2O3S/c1-10-9-11(19(14,17)18)5-6-12(10)13(16)15-7-3-2-4-8-15/h2-3,5-6,9H,4,7-8H2,1H3,(H2,14,17,18). The number of primary sulfonamides is 1. The first kappa shape index (κ1) is 13.8. The van der Waals surface area contributed by atoms with Gasteiger partial charge < -0.3 is 4.90 Å². The average Bonchev–Trinajstić information content (AvgIpc) is 2.38. The molecule has 5 nitrogen and oxygen atoms in total. The second-order valence-electron chi connectivity index (χ2n) is 4.53. The van der Waals surface area contributed by atoms with Crippen molar-refractivity contribution >= 4 is 15.9 Å². The summed E-state index contributed by atoms with van der Waals surface area (Å²) >= 11 is 0. The van der Waals surface area contributed by atoms with Crippen molar-refractivity contribution in [1.82, 2.24) is 4.90 Å². The number of carbonyl (C=O) groups is 1. The number of carbonyl (C=O) groups excluding carboxylic acids is 1. The Morgan fingerprint density at radius 1 is 1.32 bits per heavy atom. The highest BCUT2D eigenvalue weighted by Crippen LogP contribution is 2.17. The molecular formula is C13H16N2O3S. The molecule has 0 atom stereocenters. The second-order valence-corrected chi connectivity index (χ2v) is 6.09. The van der Waals surface area contributed by atoms with Gasteiger partial charge in [-0.15, -0.1) is 0 Å². The van der Waals surface area contributed by atoms with E-state index in [-0.39, 0.29) is 10.8 Å². The highest BCUT2D eigenvalue weighted by Gasteiger charge is 2.19. The Hall–Kier alpha value is -1.66. The smallest absolute Gasteiger partial charge is 0.254 e. The lowest BCUT2D eigenvalue weighted by Gasteiger charge is -2.24. The van der Waals surface area contributed by atoms with E-state index in [0.717, 1.165) is 6.42 Å². The van der Waals surface area contributed by atoms with Crippen molar-refractivity contribution in [2.24, 2.45) is 5.14 Å². The van der Waals surface area contributed by atoms with Crippen LogP contribution in [0.1, 0.15) is 22.3 Å². The van der Waals surface area contributed by atoms with Gasteiger partial charge in [-0.05, 0) is 37.1 Å². The molecule has 19 heavy (non-hydrogen) atoms. The molecule has 1 aromatic rings. The Bertz CT molecular complexity index is 635. The molecule has 0 fully saturated rings. The quantitative estimate of drug-likeness (QED) is 0.822. The number of benzene rings is 1. The fourth-order valence-electron chi connectivity index (χ4n) is 2.05. The summed E-state index contributed by atoms with van der Waals surface area (Å²) in [5, 5.41) is 5.06. The Morgan fingerprint density at radius 3 is 2.58 bits per heavy atom. The van der Waals surface area contributed by atoms with Gasteiger partial charge in [-0.25, -0.2) is 13.6 Å². The first-order chi connectivity index (χ1) is 8.89. The minimum Gasteiger partial charge on any atom is -0.335 e. The fraction of sp³-hybridized carbons (Fsp3) is 0.308. The normalized spacial score (nSPS) is 15.6. The summed E-state index contributed by atoms with van der Waals surface area (Å²) in [6, 6.07) is 4.33. The van der Waals surface area contributed by atoms with Gasteiger partial charge >= 0.3 is 0 Å². The molecule has 6 heteroatoms. The van der Waals surface area contributed by atoms with Crippen molar-refractivity contribution in [2.45, 2.75) is 18.2 Å². The van der Waals surface area contributed by atoms with Crippen molar-refractivity contribution in [3.05, 3.63) is 41.5 Å². The number of nitrogens with zero attached hydrogens (tertiary/aromatic N) is 1. The van der Waals surface area contributed by atoms with Crippen molar-refractivity contribution in [1.29, 1.82) is 0 Å². The summed E-state index contributed by atoms with van der Waals surface area (Å²) in [5.41, 5.74) is 1.13. The van der Waals surface area contributed by atoms with E-state index in [4.69, 9.17) is 5.14 Å². The van der Waals surface area contributed by atoms with Gasteiger partial charge in [0.1, 0.15) is 0 Å². The summed E-state index contributed by atoms with van der Waals surface area (Å²) in [5.74, 6) is -0.0807. The molecule has 0 saturated carbocycles. The highest BCUT2D eigenvalue weighted by atomic mass is 32.2. The lowest BCUT2D eigenvalue weighted by Crippen LogP contribution is -2.34. The molecule has 0 saturated heterocycles. The molecule has 2 N–H and O–H groups in total. The van der Waals surface area contributed by atoms with Crippen LogP contribution in [-0.2, 0) is 10.0 Å². The maximum Gasteiger partial charge on any atom is 0.254 e. The van der Waals surface area contributed by atoms with E-state index in [1.54, 1.807) is 11.8 Å². The SMILES string of the molecule is Cc1cc(S(N)(=O)=O)ccc1C(=O)N1CC=CCC1. The minimum atomic E-state index is -3.73. The topological polar surface area (TPSA) is 80.5 Å². The first-order valence-corrected chi connectivity index (χ1v) is 7.52. The Labute approximate surface area is 112 Å². The molecular weight excluding hydrogens is 264 g/mol. The minimum absolute atomic E-state index is 0.0279. The van der Waals surface area contributed by atoms with Crippen LogP contribution in [0.4, 0.5) is 0 Å². The summed E-state index contributed by atoms with van der Waals surface area (Å²) < 4.78 is 22.5. The molecule has 0 aromatic heterocycles. The summed E-state index contributed by atoms with van der Waals surface area (Å²) in [6.07, 6.45) is 4.84. The van der Waals surface area contributed by atoms with Crippen LogP contribution < -0.4 is 5.14 Å². The average molecular weight is 280 g/mol. The molecule has 1 heterocycles. The Morgan fingerprint density at radius 2 is 2.05 bits per heavy atom. The molecule has 1 amide bonds. The van der Waals surface area contributed by atoms with Crippen molar-refractivity contribution < 1.29 is 13.2 Å². The van der Waals surface area contributed by atoms with Gasteiger partial charge in [0.25, 0.3) is 5.91 Å². The number of aryl methyl sites for hydroxylation is 1. The number of nitrogens with two attached hydrogens (primary N) is 1. The van der Waals surface area contributed by atoms with Gasteiger partial charge in [0, 0.05) is 18.7 Å². The maximum atomic E-state index is 12.3. The van der Waals surface area contributed by atoms with Crippen LogP contribution in [0.25, 0.3) is 0 Å². The molecule has 1 aromatic carbocycles. The molecule has 0 unspecified atom stereocenters. The van der Waals surface area contributed by atoms with E-state index < -0.39 is 10.0 Å². The first-order valence-electron chi connectivity index (χ1n) is 5.97. The van der Waals surface area contributed by atoms with Gasteiger partial charge in [-0.2, -0.15) is 0 Å². The van der Waals surface area contributed by atoms with Crippen LogP contribution in [0.15, 0.2) is 35.2 Å². The van der Waals surface area contributed by atoms with Crippen LogP contribution in [0.2, 0.25) is 0 Å². The van der Waals surface area contributed by atoms with Crippen LogP contribution in [0, 0.1) is 6.92 Å². The molecule has 0 aliphatic carbocycles. The Balaban J connectivity index is 2.31. The lowest BCUT2D eigenvalue weighted by atomic mass is 10.1. The van der Waals surface area contributed by atoms with Crippen molar-refractivity contribution in [3.63, 3.8) is 0 Å². The zero-order chi connectivity index (χ0) is 14.0. The summed E-state index contributed by atoms with van der Waals surface area (Å²) in [7, 11) is -3.73.